The van der Waals surface area contributed by atoms with E-state index in [0.29, 0.717) is 11.8 Å². The molecule has 0 aliphatic carbocycles. The number of hydrogen-bond acceptors (Lipinski definition) is 6. The molecule has 0 saturated carbocycles. The van der Waals surface area contributed by atoms with Crippen molar-refractivity contribution in [3.8, 4) is 0 Å². The molecule has 1 rings (SSSR count). The fourth-order valence-corrected chi connectivity index (χ4v) is 1.25. The number of rotatable bonds is 2. The Morgan fingerprint density at radius 3 is 2.92 bits per heavy atom. The van der Waals surface area contributed by atoms with E-state index in [0.717, 1.165) is 4.57 Å². The van der Waals surface area contributed by atoms with Crippen molar-refractivity contribution in [2.75, 3.05) is 18.6 Å². The van der Waals surface area contributed by atoms with Crippen molar-refractivity contribution in [2.45, 2.75) is 12.1 Å². The van der Waals surface area contributed by atoms with Crippen LogP contribution in [-0.2, 0) is 4.74 Å². The highest BCUT2D eigenvalue weighted by Gasteiger charge is 2.16. The molecular formula is C6H10N4O2S. The van der Waals surface area contributed by atoms with E-state index in [1.165, 1.54) is 11.8 Å². The lowest BCUT2D eigenvalue weighted by Gasteiger charge is -2.03. The van der Waals surface area contributed by atoms with E-state index in [1.54, 1.807) is 13.2 Å². The van der Waals surface area contributed by atoms with Gasteiger partial charge in [-0.15, -0.1) is 10.2 Å². The summed E-state index contributed by atoms with van der Waals surface area (Å²) in [6, 6.07) is 0. The summed E-state index contributed by atoms with van der Waals surface area (Å²) in [5, 5.41) is 7.67. The Hall–Kier alpha value is -1.24. The molecule has 7 heteroatoms. The minimum Gasteiger partial charge on any atom is -0.449 e. The minimum atomic E-state index is -0.547. The van der Waals surface area contributed by atoms with Crippen molar-refractivity contribution in [3.63, 3.8) is 0 Å². The zero-order valence-corrected chi connectivity index (χ0v) is 8.17. The van der Waals surface area contributed by atoms with E-state index >= 15 is 0 Å². The molecule has 0 atom stereocenters. The summed E-state index contributed by atoms with van der Waals surface area (Å²) in [7, 11) is 0. The molecule has 0 radical (unpaired) electrons. The molecule has 1 heterocycles. The predicted octanol–water partition coefficient (Wildman–Crippen LogP) is 0.587. The lowest BCUT2D eigenvalue weighted by Crippen LogP contribution is -2.16. The number of aromatic nitrogens is 3. The van der Waals surface area contributed by atoms with Gasteiger partial charge in [-0.05, 0) is 13.2 Å². The van der Waals surface area contributed by atoms with Crippen LogP contribution in [-0.4, -0.2) is 33.7 Å². The molecule has 0 amide bonds. The van der Waals surface area contributed by atoms with Crippen LogP contribution in [0.2, 0.25) is 0 Å². The van der Waals surface area contributed by atoms with Gasteiger partial charge in [0.1, 0.15) is 0 Å². The Balaban J connectivity index is 2.96. The number of nitrogens with two attached hydrogens (primary N) is 1. The van der Waals surface area contributed by atoms with E-state index in [-0.39, 0.29) is 5.95 Å². The van der Waals surface area contributed by atoms with Gasteiger partial charge >= 0.3 is 6.09 Å². The number of ether oxygens (including phenoxy) is 1. The first-order valence-corrected chi connectivity index (χ1v) is 4.85. The van der Waals surface area contributed by atoms with Crippen molar-refractivity contribution < 1.29 is 9.53 Å². The average Bonchev–Trinajstić information content (AvgIpc) is 2.47. The third kappa shape index (κ3) is 1.92. The molecule has 1 aromatic heterocycles. The van der Waals surface area contributed by atoms with Crippen molar-refractivity contribution in [2.24, 2.45) is 0 Å². The summed E-state index contributed by atoms with van der Waals surface area (Å²) in [6.07, 6.45) is 1.23. The third-order valence-corrected chi connectivity index (χ3v) is 1.92. The maximum absolute atomic E-state index is 11.3. The van der Waals surface area contributed by atoms with Crippen molar-refractivity contribution in [1.82, 2.24) is 14.8 Å². The molecule has 0 aliphatic rings. The molecular weight excluding hydrogens is 192 g/mol. The first-order chi connectivity index (χ1) is 6.20. The van der Waals surface area contributed by atoms with Gasteiger partial charge in [0.25, 0.3) is 0 Å². The van der Waals surface area contributed by atoms with Crippen LogP contribution >= 0.6 is 11.8 Å². The van der Waals surface area contributed by atoms with Gasteiger partial charge in [0.2, 0.25) is 11.1 Å². The highest BCUT2D eigenvalue weighted by Crippen LogP contribution is 2.14. The molecule has 6 nitrogen and oxygen atoms in total. The molecule has 2 N–H and O–H groups in total. The minimum absolute atomic E-state index is 0.0443. The second-order valence-corrected chi connectivity index (χ2v) is 2.85. The van der Waals surface area contributed by atoms with Gasteiger partial charge in [0.15, 0.2) is 0 Å². The molecule has 13 heavy (non-hydrogen) atoms. The Morgan fingerprint density at radius 2 is 2.38 bits per heavy atom. The first kappa shape index (κ1) is 9.85. The van der Waals surface area contributed by atoms with E-state index in [9.17, 15) is 4.79 Å². The van der Waals surface area contributed by atoms with Gasteiger partial charge in [-0.3, -0.25) is 0 Å². The quantitative estimate of drug-likeness (QED) is 0.706. The second-order valence-electron chi connectivity index (χ2n) is 2.08. The standard InChI is InChI=1S/C6H10N4O2S/c1-3-12-6(11)10-4(7)8-9-5(10)13-2/h3H2,1-2H3,(H2,7,8). The van der Waals surface area contributed by atoms with Crippen molar-refractivity contribution >= 4 is 23.8 Å². The Kier molecular flexibility index (Phi) is 3.13. The highest BCUT2D eigenvalue weighted by atomic mass is 32.2. The summed E-state index contributed by atoms with van der Waals surface area (Å²) < 4.78 is 5.89. The Morgan fingerprint density at radius 1 is 1.69 bits per heavy atom. The van der Waals surface area contributed by atoms with Crippen molar-refractivity contribution in [3.05, 3.63) is 0 Å². The molecule has 0 bridgehead atoms. The highest BCUT2D eigenvalue weighted by molar-refractivity contribution is 7.98. The maximum atomic E-state index is 11.3. The fourth-order valence-electron chi connectivity index (χ4n) is 0.773. The van der Waals surface area contributed by atoms with Crippen LogP contribution in [0.25, 0.3) is 0 Å². The number of carbonyl (C=O) groups is 1. The van der Waals surface area contributed by atoms with Crippen molar-refractivity contribution in [1.29, 1.82) is 0 Å². The number of nitrogen functional groups attached to an aromatic ring is 1. The lowest BCUT2D eigenvalue weighted by molar-refractivity contribution is 0.152. The molecule has 0 saturated heterocycles. The topological polar surface area (TPSA) is 83.0 Å². The van der Waals surface area contributed by atoms with E-state index in [1.807, 2.05) is 0 Å². The van der Waals surface area contributed by atoms with Crippen LogP contribution in [0.4, 0.5) is 10.7 Å². The van der Waals surface area contributed by atoms with Gasteiger partial charge < -0.3 is 10.5 Å². The molecule has 0 aromatic carbocycles. The molecule has 0 fully saturated rings. The zero-order chi connectivity index (χ0) is 9.84. The molecule has 0 spiro atoms. The molecule has 0 unspecified atom stereocenters. The van der Waals surface area contributed by atoms with Gasteiger partial charge in [0.05, 0.1) is 6.61 Å². The number of anilines is 1. The smallest absolute Gasteiger partial charge is 0.423 e. The van der Waals surface area contributed by atoms with Gasteiger partial charge in [0, 0.05) is 0 Å². The molecule has 1 aromatic rings. The number of nitrogens with zero attached hydrogens (tertiary/aromatic N) is 3. The Labute approximate surface area is 79.5 Å². The van der Waals surface area contributed by atoms with Gasteiger partial charge in [-0.2, -0.15) is 4.57 Å². The Bertz CT molecular complexity index is 312. The van der Waals surface area contributed by atoms with E-state index in [2.05, 4.69) is 10.2 Å². The zero-order valence-electron chi connectivity index (χ0n) is 7.35. The second kappa shape index (κ2) is 4.13. The van der Waals surface area contributed by atoms with Crippen LogP contribution in [0.5, 0.6) is 0 Å². The summed E-state index contributed by atoms with van der Waals surface area (Å²) in [5.74, 6) is 0.0443. The average molecular weight is 202 g/mol. The number of carbonyl (C=O) groups excluding carboxylic acids is 1. The summed E-state index contributed by atoms with van der Waals surface area (Å²) >= 11 is 1.28. The molecule has 72 valence electrons. The van der Waals surface area contributed by atoms with Gasteiger partial charge in [-0.1, -0.05) is 11.8 Å². The van der Waals surface area contributed by atoms with Crippen LogP contribution in [0, 0.1) is 0 Å². The number of thioether (sulfide) groups is 1. The number of hydrogen-bond donors (Lipinski definition) is 1. The van der Waals surface area contributed by atoms with E-state index < -0.39 is 6.09 Å². The largest absolute Gasteiger partial charge is 0.449 e. The SMILES string of the molecule is CCOC(=O)n1c(N)nnc1SC. The van der Waals surface area contributed by atoms with Crippen LogP contribution < -0.4 is 5.73 Å². The van der Waals surface area contributed by atoms with Crippen LogP contribution in [0.15, 0.2) is 5.16 Å². The monoisotopic (exact) mass is 202 g/mol. The summed E-state index contributed by atoms with van der Waals surface area (Å²) in [5.41, 5.74) is 5.42. The van der Waals surface area contributed by atoms with E-state index in [4.69, 9.17) is 10.5 Å². The lowest BCUT2D eigenvalue weighted by atomic mass is 10.8. The third-order valence-electron chi connectivity index (χ3n) is 1.29. The summed E-state index contributed by atoms with van der Waals surface area (Å²) in [6.45, 7) is 2.02. The normalized spacial score (nSPS) is 10.0. The first-order valence-electron chi connectivity index (χ1n) is 3.62. The fraction of sp³-hybridized carbons (Fsp3) is 0.500. The predicted molar refractivity (Wildman–Crippen MR) is 48.6 cm³/mol. The maximum Gasteiger partial charge on any atom is 0.423 e. The van der Waals surface area contributed by atoms with Crippen LogP contribution in [0.3, 0.4) is 0 Å². The van der Waals surface area contributed by atoms with Gasteiger partial charge in [-0.25, -0.2) is 4.79 Å². The summed E-state index contributed by atoms with van der Waals surface area (Å²) in [4.78, 5) is 11.3. The van der Waals surface area contributed by atoms with Crippen LogP contribution in [0.1, 0.15) is 6.92 Å². The molecule has 0 aliphatic heterocycles.